The predicted octanol–water partition coefficient (Wildman–Crippen LogP) is 4.71. The Morgan fingerprint density at radius 2 is 1.52 bits per heavy atom. The van der Waals surface area contributed by atoms with Crippen molar-refractivity contribution in [3.05, 3.63) is 47.5 Å². The maximum absolute atomic E-state index is 6.14. The zero-order chi connectivity index (χ0) is 22.5. The highest BCUT2D eigenvalue weighted by atomic mass is 16.7. The van der Waals surface area contributed by atoms with Crippen molar-refractivity contribution in [1.29, 1.82) is 0 Å². The van der Waals surface area contributed by atoms with Crippen LogP contribution in [0.5, 0.6) is 23.0 Å². The van der Waals surface area contributed by atoms with Crippen LogP contribution in [0.1, 0.15) is 18.1 Å². The Hall–Kier alpha value is -2.96. The molecule has 0 aromatic heterocycles. The quantitative estimate of drug-likeness (QED) is 0.501. The van der Waals surface area contributed by atoms with Crippen LogP contribution in [0.4, 0.5) is 0 Å². The molecule has 0 bridgehead atoms. The normalized spacial score (nSPS) is 12.0. The molecule has 3 rings (SSSR count). The van der Waals surface area contributed by atoms with Crippen molar-refractivity contribution in [3.8, 4) is 34.1 Å². The molecule has 0 saturated carbocycles. The number of fused-ring (bicyclic) bond motifs is 1. The first-order valence-electron chi connectivity index (χ1n) is 10.2. The number of aryl methyl sites for hydroxylation is 1. The highest BCUT2D eigenvalue weighted by molar-refractivity contribution is 6.02. The summed E-state index contributed by atoms with van der Waals surface area (Å²) in [7, 11) is 6.55. The molecule has 166 valence electrons. The molecule has 0 spiro atoms. The summed E-state index contributed by atoms with van der Waals surface area (Å²) in [4.78, 5) is 0. The van der Waals surface area contributed by atoms with Gasteiger partial charge in [-0.1, -0.05) is 18.2 Å². The molecule has 6 heteroatoms. The van der Waals surface area contributed by atoms with Gasteiger partial charge in [-0.05, 0) is 55.0 Å². The standard InChI is InChI=1S/C25H31NO5/c1-15-10-18-8-7-9-19(28-4)23(18)25(31-14-27-3)22(15)24-20(29-5)12-17(11-16(2)26)13-21(24)30-6/h7-10,12-13,16H,11,14,26H2,1-6H3/t16-/m0/s1. The average Bonchev–Trinajstić information content (AvgIpc) is 2.75. The largest absolute Gasteiger partial charge is 0.496 e. The number of nitrogens with two attached hydrogens (primary N) is 1. The second kappa shape index (κ2) is 9.90. The highest BCUT2D eigenvalue weighted by Gasteiger charge is 2.24. The van der Waals surface area contributed by atoms with E-state index in [1.165, 1.54) is 0 Å². The lowest BCUT2D eigenvalue weighted by Gasteiger charge is -2.22. The smallest absolute Gasteiger partial charge is 0.188 e. The van der Waals surface area contributed by atoms with Crippen molar-refractivity contribution in [1.82, 2.24) is 0 Å². The topological polar surface area (TPSA) is 72.2 Å². The molecule has 0 aliphatic rings. The van der Waals surface area contributed by atoms with Crippen molar-refractivity contribution in [2.75, 3.05) is 35.2 Å². The Morgan fingerprint density at radius 1 is 0.871 bits per heavy atom. The third-order valence-corrected chi connectivity index (χ3v) is 5.19. The Labute approximate surface area is 183 Å². The van der Waals surface area contributed by atoms with Gasteiger partial charge < -0.3 is 29.4 Å². The van der Waals surface area contributed by atoms with Gasteiger partial charge in [0.25, 0.3) is 0 Å². The first kappa shape index (κ1) is 22.7. The Kier molecular flexibility index (Phi) is 7.25. The molecule has 0 unspecified atom stereocenters. The van der Waals surface area contributed by atoms with E-state index in [-0.39, 0.29) is 12.8 Å². The Balaban J connectivity index is 2.40. The highest BCUT2D eigenvalue weighted by Crippen LogP contribution is 2.50. The number of methoxy groups -OCH3 is 4. The summed E-state index contributed by atoms with van der Waals surface area (Å²) in [5.41, 5.74) is 9.77. The summed E-state index contributed by atoms with van der Waals surface area (Å²) >= 11 is 0. The summed E-state index contributed by atoms with van der Waals surface area (Å²) in [5.74, 6) is 2.76. The fourth-order valence-electron chi connectivity index (χ4n) is 3.97. The lowest BCUT2D eigenvalue weighted by Crippen LogP contribution is -2.17. The number of ether oxygens (including phenoxy) is 5. The van der Waals surface area contributed by atoms with E-state index in [1.54, 1.807) is 28.4 Å². The van der Waals surface area contributed by atoms with Gasteiger partial charge in [-0.15, -0.1) is 0 Å². The number of hydrogen-bond acceptors (Lipinski definition) is 6. The van der Waals surface area contributed by atoms with E-state index < -0.39 is 0 Å². The molecule has 2 N–H and O–H groups in total. The fourth-order valence-corrected chi connectivity index (χ4v) is 3.97. The third kappa shape index (κ3) is 4.55. The van der Waals surface area contributed by atoms with E-state index in [2.05, 4.69) is 6.07 Å². The molecule has 1 atom stereocenters. The minimum absolute atomic E-state index is 0.0209. The minimum atomic E-state index is 0.0209. The van der Waals surface area contributed by atoms with Crippen molar-refractivity contribution in [3.63, 3.8) is 0 Å². The Morgan fingerprint density at radius 3 is 2.06 bits per heavy atom. The van der Waals surface area contributed by atoms with Gasteiger partial charge in [-0.2, -0.15) is 0 Å². The van der Waals surface area contributed by atoms with E-state index in [1.807, 2.05) is 44.2 Å². The third-order valence-electron chi connectivity index (χ3n) is 5.19. The van der Waals surface area contributed by atoms with Gasteiger partial charge in [0.15, 0.2) is 6.79 Å². The van der Waals surface area contributed by atoms with Crippen LogP contribution >= 0.6 is 0 Å². The first-order valence-corrected chi connectivity index (χ1v) is 10.2. The zero-order valence-electron chi connectivity index (χ0n) is 19.1. The molecule has 0 radical (unpaired) electrons. The molecular weight excluding hydrogens is 394 g/mol. The molecule has 6 nitrogen and oxygen atoms in total. The van der Waals surface area contributed by atoms with E-state index in [0.29, 0.717) is 23.7 Å². The lowest BCUT2D eigenvalue weighted by molar-refractivity contribution is 0.0525. The van der Waals surface area contributed by atoms with Crippen LogP contribution < -0.4 is 24.7 Å². The van der Waals surface area contributed by atoms with Crippen LogP contribution in [0.25, 0.3) is 21.9 Å². The SMILES string of the molecule is COCOc1c(-c2c(OC)cc(C[C@H](C)N)cc2OC)c(C)cc2cccc(OC)c12. The molecule has 31 heavy (non-hydrogen) atoms. The maximum Gasteiger partial charge on any atom is 0.188 e. The fraction of sp³-hybridized carbons (Fsp3) is 0.360. The van der Waals surface area contributed by atoms with Crippen LogP contribution in [0.2, 0.25) is 0 Å². The summed E-state index contributed by atoms with van der Waals surface area (Å²) in [5, 5.41) is 1.88. The molecule has 3 aromatic carbocycles. The predicted molar refractivity (Wildman–Crippen MR) is 124 cm³/mol. The number of benzene rings is 3. The van der Waals surface area contributed by atoms with Crippen molar-refractivity contribution in [2.24, 2.45) is 5.73 Å². The molecular formula is C25H31NO5. The number of hydrogen-bond donors (Lipinski definition) is 1. The van der Waals surface area contributed by atoms with Crippen molar-refractivity contribution < 1.29 is 23.7 Å². The van der Waals surface area contributed by atoms with Gasteiger partial charge in [-0.25, -0.2) is 0 Å². The van der Waals surface area contributed by atoms with Crippen LogP contribution in [0, 0.1) is 6.92 Å². The van der Waals surface area contributed by atoms with E-state index >= 15 is 0 Å². The molecule has 0 amide bonds. The molecule has 0 aliphatic heterocycles. The minimum Gasteiger partial charge on any atom is -0.496 e. The molecule has 0 aliphatic carbocycles. The second-order valence-corrected chi connectivity index (χ2v) is 7.56. The van der Waals surface area contributed by atoms with Gasteiger partial charge in [-0.3, -0.25) is 0 Å². The van der Waals surface area contributed by atoms with E-state index in [4.69, 9.17) is 29.4 Å². The van der Waals surface area contributed by atoms with Gasteiger partial charge >= 0.3 is 0 Å². The van der Waals surface area contributed by atoms with Crippen molar-refractivity contribution >= 4 is 10.8 Å². The monoisotopic (exact) mass is 425 g/mol. The van der Waals surface area contributed by atoms with E-state index in [0.717, 1.165) is 38.8 Å². The zero-order valence-corrected chi connectivity index (χ0v) is 19.1. The van der Waals surface area contributed by atoms with Gasteiger partial charge in [0.1, 0.15) is 23.0 Å². The molecule has 0 saturated heterocycles. The molecule has 0 fully saturated rings. The number of rotatable bonds is 9. The summed E-state index contributed by atoms with van der Waals surface area (Å²) in [6.45, 7) is 4.11. The summed E-state index contributed by atoms with van der Waals surface area (Å²) < 4.78 is 28.6. The van der Waals surface area contributed by atoms with E-state index in [9.17, 15) is 0 Å². The van der Waals surface area contributed by atoms with Crippen LogP contribution in [-0.4, -0.2) is 41.3 Å². The average molecular weight is 426 g/mol. The Bertz CT molecular complexity index is 1040. The maximum atomic E-state index is 6.14. The molecule has 3 aromatic rings. The van der Waals surface area contributed by atoms with Crippen LogP contribution in [-0.2, 0) is 11.2 Å². The van der Waals surface area contributed by atoms with Gasteiger partial charge in [0, 0.05) is 18.7 Å². The van der Waals surface area contributed by atoms with Crippen LogP contribution in [0.15, 0.2) is 36.4 Å². The summed E-state index contributed by atoms with van der Waals surface area (Å²) in [6.07, 6.45) is 0.713. The van der Waals surface area contributed by atoms with Crippen LogP contribution in [0.3, 0.4) is 0 Å². The molecule has 0 heterocycles. The van der Waals surface area contributed by atoms with Gasteiger partial charge in [0.05, 0.1) is 32.3 Å². The van der Waals surface area contributed by atoms with Crippen molar-refractivity contribution in [2.45, 2.75) is 26.3 Å². The first-order chi connectivity index (χ1) is 14.9. The lowest BCUT2D eigenvalue weighted by atomic mass is 9.91. The summed E-state index contributed by atoms with van der Waals surface area (Å²) in [6, 6.07) is 12.1. The van der Waals surface area contributed by atoms with Gasteiger partial charge in [0.2, 0.25) is 0 Å². The second-order valence-electron chi connectivity index (χ2n) is 7.56.